The highest BCUT2D eigenvalue weighted by molar-refractivity contribution is 8.31. The molecule has 0 atom stereocenters. The van der Waals surface area contributed by atoms with Gasteiger partial charge in [0.1, 0.15) is 0 Å². The molecule has 1 aliphatic rings. The molecule has 0 radical (unpaired) electrons. The van der Waals surface area contributed by atoms with Crippen LogP contribution < -0.4 is 5.43 Å². The Morgan fingerprint density at radius 3 is 2.50 bits per heavy atom. The van der Waals surface area contributed by atoms with Crippen molar-refractivity contribution >= 4 is 42.1 Å². The minimum atomic E-state index is -0.482. The number of hydrogen-bond acceptors (Lipinski definition) is 5. The van der Waals surface area contributed by atoms with Gasteiger partial charge < -0.3 is 0 Å². The average Bonchev–Trinajstić information content (AvgIpc) is 1.82. The summed E-state index contributed by atoms with van der Waals surface area (Å²) >= 11 is 9.71. The molecule has 0 aromatic heterocycles. The molecule has 1 heterocycles. The summed E-state index contributed by atoms with van der Waals surface area (Å²) in [4.78, 5) is 0. The Bertz CT molecular complexity index is 130. The van der Waals surface area contributed by atoms with Gasteiger partial charge >= 0.3 is 0 Å². The van der Waals surface area contributed by atoms with Crippen molar-refractivity contribution < 1.29 is 0 Å². The van der Waals surface area contributed by atoms with Crippen molar-refractivity contribution in [1.29, 1.82) is 0 Å². The molecule has 5 heteroatoms. The maximum absolute atomic E-state index is 4.11. The third kappa shape index (κ3) is 1.50. The van der Waals surface area contributed by atoms with Crippen LogP contribution in [0.2, 0.25) is 0 Å². The summed E-state index contributed by atoms with van der Waals surface area (Å²) in [7, 11) is 0. The highest BCUT2D eigenvalue weighted by Gasteiger charge is 2.26. The molecule has 8 heavy (non-hydrogen) atoms. The van der Waals surface area contributed by atoms with Gasteiger partial charge in [-0.2, -0.15) is 5.10 Å². The third-order valence-corrected chi connectivity index (χ3v) is 2.16. The number of hydrogen-bond donors (Lipinski definition) is 3. The Hall–Kier alpha value is 0.520. The molecule has 1 N–H and O–H groups in total. The predicted octanol–water partition coefficient (Wildman–Crippen LogP) is 1.13. The van der Waals surface area contributed by atoms with Gasteiger partial charge in [-0.3, -0.25) is 5.43 Å². The van der Waals surface area contributed by atoms with Crippen LogP contribution in [0.15, 0.2) is 5.10 Å². The number of thioether (sulfide) groups is 1. The van der Waals surface area contributed by atoms with Gasteiger partial charge in [-0.05, 0) is 6.92 Å². The molecule has 1 rings (SSSR count). The highest BCUT2D eigenvalue weighted by atomic mass is 32.2. The van der Waals surface area contributed by atoms with E-state index >= 15 is 0 Å². The standard InChI is InChI=1S/C3H6N2S3/c1-2-4-5-3(6,7)8-2/h5-7H,1H3. The van der Waals surface area contributed by atoms with E-state index in [0.717, 1.165) is 5.04 Å². The number of thiol groups is 2. The van der Waals surface area contributed by atoms with Crippen molar-refractivity contribution in [3.8, 4) is 0 Å². The van der Waals surface area contributed by atoms with Crippen LogP contribution in [0.1, 0.15) is 6.92 Å². The van der Waals surface area contributed by atoms with Crippen molar-refractivity contribution in [3.05, 3.63) is 0 Å². The van der Waals surface area contributed by atoms with Crippen molar-refractivity contribution in [2.45, 2.75) is 10.5 Å². The zero-order valence-corrected chi connectivity index (χ0v) is 6.86. The number of rotatable bonds is 0. The van der Waals surface area contributed by atoms with Crippen LogP contribution in [0.3, 0.4) is 0 Å². The summed E-state index contributed by atoms with van der Waals surface area (Å²) in [5, 5.41) is 4.83. The minimum absolute atomic E-state index is 0.482. The first-order chi connectivity index (χ1) is 3.60. The van der Waals surface area contributed by atoms with Crippen molar-refractivity contribution in [2.24, 2.45) is 5.10 Å². The third-order valence-electron chi connectivity index (χ3n) is 0.649. The summed E-state index contributed by atoms with van der Waals surface area (Å²) in [6, 6.07) is 0. The summed E-state index contributed by atoms with van der Waals surface area (Å²) < 4.78 is -0.482. The van der Waals surface area contributed by atoms with Crippen molar-refractivity contribution in [1.82, 2.24) is 5.43 Å². The Balaban J connectivity index is 2.55. The van der Waals surface area contributed by atoms with Gasteiger partial charge in [0, 0.05) is 0 Å². The van der Waals surface area contributed by atoms with Crippen molar-refractivity contribution in [3.63, 3.8) is 0 Å². The van der Waals surface area contributed by atoms with E-state index in [1.807, 2.05) is 6.92 Å². The second-order valence-corrected chi connectivity index (χ2v) is 5.16. The van der Waals surface area contributed by atoms with Gasteiger partial charge in [-0.25, -0.2) is 0 Å². The van der Waals surface area contributed by atoms with Crippen LogP contribution in [-0.4, -0.2) is 8.58 Å². The molecule has 0 aromatic carbocycles. The first-order valence-corrected chi connectivity index (χ1v) is 3.76. The molecule has 0 spiro atoms. The van der Waals surface area contributed by atoms with Gasteiger partial charge in [-0.15, -0.1) is 25.3 Å². The minimum Gasteiger partial charge on any atom is -0.274 e. The van der Waals surface area contributed by atoms with E-state index in [4.69, 9.17) is 0 Å². The largest absolute Gasteiger partial charge is 0.274 e. The maximum atomic E-state index is 4.11. The van der Waals surface area contributed by atoms with E-state index in [-0.39, 0.29) is 0 Å². The number of nitrogens with one attached hydrogen (secondary N) is 1. The van der Waals surface area contributed by atoms with Gasteiger partial charge in [0.05, 0.1) is 5.04 Å². The summed E-state index contributed by atoms with van der Waals surface area (Å²) in [5.41, 5.74) is 2.72. The summed E-state index contributed by atoms with van der Waals surface area (Å²) in [6.07, 6.45) is 0. The average molecular weight is 166 g/mol. The Morgan fingerprint density at radius 2 is 2.38 bits per heavy atom. The van der Waals surface area contributed by atoms with E-state index in [0.29, 0.717) is 0 Å². The topological polar surface area (TPSA) is 24.4 Å². The number of nitrogens with zero attached hydrogens (tertiary/aromatic N) is 1. The van der Waals surface area contributed by atoms with E-state index in [2.05, 4.69) is 35.8 Å². The molecule has 0 unspecified atom stereocenters. The van der Waals surface area contributed by atoms with Crippen LogP contribution in [0.5, 0.6) is 0 Å². The molecular weight excluding hydrogens is 160 g/mol. The van der Waals surface area contributed by atoms with Gasteiger partial charge in [0.25, 0.3) is 0 Å². The highest BCUT2D eigenvalue weighted by Crippen LogP contribution is 2.35. The van der Waals surface area contributed by atoms with Gasteiger partial charge in [0.2, 0.25) is 0 Å². The lowest BCUT2D eigenvalue weighted by Gasteiger charge is -2.11. The fraction of sp³-hybridized carbons (Fsp3) is 0.667. The molecule has 1 aliphatic heterocycles. The second-order valence-electron chi connectivity index (χ2n) is 1.45. The molecule has 46 valence electrons. The molecule has 0 aliphatic carbocycles. The molecular formula is C3H6N2S3. The van der Waals surface area contributed by atoms with Gasteiger partial charge in [-0.1, -0.05) is 11.8 Å². The van der Waals surface area contributed by atoms with E-state index in [1.54, 1.807) is 0 Å². The molecule has 2 nitrogen and oxygen atoms in total. The molecule has 0 amide bonds. The molecule has 0 fully saturated rings. The van der Waals surface area contributed by atoms with Crippen molar-refractivity contribution in [2.75, 3.05) is 0 Å². The van der Waals surface area contributed by atoms with Gasteiger partial charge in [0.15, 0.2) is 3.54 Å². The first-order valence-electron chi connectivity index (χ1n) is 2.05. The fourth-order valence-electron chi connectivity index (χ4n) is 0.403. The lowest BCUT2D eigenvalue weighted by Crippen LogP contribution is -2.20. The van der Waals surface area contributed by atoms with Crippen LogP contribution >= 0.6 is 37.0 Å². The Labute approximate surface area is 63.3 Å². The zero-order chi connectivity index (χ0) is 6.20. The quantitative estimate of drug-likeness (QED) is 0.371. The van der Waals surface area contributed by atoms with Crippen LogP contribution in [0.25, 0.3) is 0 Å². The van der Waals surface area contributed by atoms with E-state index in [9.17, 15) is 0 Å². The molecule has 0 saturated carbocycles. The van der Waals surface area contributed by atoms with Crippen LogP contribution in [-0.2, 0) is 0 Å². The van der Waals surface area contributed by atoms with E-state index in [1.165, 1.54) is 11.8 Å². The predicted molar refractivity (Wildman–Crippen MR) is 44.5 cm³/mol. The smallest absolute Gasteiger partial charge is 0.193 e. The zero-order valence-electron chi connectivity index (χ0n) is 4.25. The Morgan fingerprint density at radius 1 is 1.75 bits per heavy atom. The molecule has 0 bridgehead atoms. The lowest BCUT2D eigenvalue weighted by atomic mass is 10.9. The monoisotopic (exact) mass is 166 g/mol. The number of hydrazone groups is 1. The normalized spacial score (nSPS) is 24.6. The van der Waals surface area contributed by atoms with Crippen LogP contribution in [0, 0.1) is 0 Å². The molecule has 0 saturated heterocycles. The maximum Gasteiger partial charge on any atom is 0.193 e. The summed E-state index contributed by atoms with van der Waals surface area (Å²) in [5.74, 6) is 0. The second kappa shape index (κ2) is 2.04. The fourth-order valence-corrected chi connectivity index (χ4v) is 1.89. The Kier molecular flexibility index (Phi) is 1.69. The van der Waals surface area contributed by atoms with Crippen LogP contribution in [0.4, 0.5) is 0 Å². The first kappa shape index (κ1) is 6.64. The SMILES string of the molecule is CC1=NNC(S)(S)S1. The van der Waals surface area contributed by atoms with E-state index < -0.39 is 3.54 Å². The summed E-state index contributed by atoms with van der Waals surface area (Å²) in [6.45, 7) is 1.91. The lowest BCUT2D eigenvalue weighted by molar-refractivity contribution is 0.827. The molecule has 0 aromatic rings.